The molecule has 3 heteroatoms. The lowest BCUT2D eigenvalue weighted by Crippen LogP contribution is -2.47. The molecular weight excluding hydrogens is 258 g/mol. The monoisotopic (exact) mass is 289 g/mol. The molecular formula is C18H31N3. The second kappa shape index (κ2) is 7.39. The third-order valence-electron chi connectivity index (χ3n) is 4.75. The molecule has 2 N–H and O–H groups in total. The first-order valence-electron chi connectivity index (χ1n) is 8.29. The van der Waals surface area contributed by atoms with Gasteiger partial charge in [-0.3, -0.25) is 4.90 Å². The average molecular weight is 289 g/mol. The standard InChI is InChI=1S/C18H31N3/c1-5-17(19)18(16-9-7-14(2)8-10-16)21-12-6-11-20(4)13-15(21)3/h7-10,15,17-18H,5-6,11-13,19H2,1-4H3. The molecule has 21 heavy (non-hydrogen) atoms. The number of aryl methyl sites for hydroxylation is 1. The Balaban J connectivity index is 2.28. The van der Waals surface area contributed by atoms with Crippen molar-refractivity contribution in [3.05, 3.63) is 35.4 Å². The predicted octanol–water partition coefficient (Wildman–Crippen LogP) is 2.80. The molecule has 1 fully saturated rings. The smallest absolute Gasteiger partial charge is 0.0502 e. The molecule has 1 aliphatic heterocycles. The molecule has 0 aliphatic carbocycles. The summed E-state index contributed by atoms with van der Waals surface area (Å²) in [6.07, 6.45) is 2.23. The highest BCUT2D eigenvalue weighted by Crippen LogP contribution is 2.29. The Bertz CT molecular complexity index is 429. The zero-order valence-electron chi connectivity index (χ0n) is 14.0. The van der Waals surface area contributed by atoms with E-state index >= 15 is 0 Å². The molecule has 1 heterocycles. The van der Waals surface area contributed by atoms with Crippen LogP contribution in [0.5, 0.6) is 0 Å². The van der Waals surface area contributed by atoms with Crippen LogP contribution < -0.4 is 5.73 Å². The third-order valence-corrected chi connectivity index (χ3v) is 4.75. The van der Waals surface area contributed by atoms with Gasteiger partial charge in [0.1, 0.15) is 0 Å². The van der Waals surface area contributed by atoms with E-state index in [4.69, 9.17) is 5.73 Å². The zero-order valence-corrected chi connectivity index (χ0v) is 14.0. The first-order chi connectivity index (χ1) is 10.0. The van der Waals surface area contributed by atoms with E-state index in [1.807, 2.05) is 0 Å². The molecule has 1 aliphatic rings. The molecule has 2 rings (SSSR count). The van der Waals surface area contributed by atoms with Crippen molar-refractivity contribution in [3.8, 4) is 0 Å². The summed E-state index contributed by atoms with van der Waals surface area (Å²) in [6.45, 7) is 10.1. The molecule has 0 aromatic heterocycles. The van der Waals surface area contributed by atoms with Crippen LogP contribution in [0.1, 0.15) is 43.9 Å². The summed E-state index contributed by atoms with van der Waals surface area (Å²) >= 11 is 0. The normalized spacial score (nSPS) is 24.5. The summed E-state index contributed by atoms with van der Waals surface area (Å²) in [6, 6.07) is 10.0. The Labute approximate surface area is 130 Å². The van der Waals surface area contributed by atoms with E-state index in [9.17, 15) is 0 Å². The van der Waals surface area contributed by atoms with Gasteiger partial charge in [0.05, 0.1) is 6.04 Å². The van der Waals surface area contributed by atoms with Gasteiger partial charge in [-0.1, -0.05) is 36.8 Å². The first-order valence-corrected chi connectivity index (χ1v) is 8.29. The Kier molecular flexibility index (Phi) is 5.80. The lowest BCUT2D eigenvalue weighted by Gasteiger charge is -2.39. The van der Waals surface area contributed by atoms with E-state index in [0.717, 1.165) is 19.5 Å². The van der Waals surface area contributed by atoms with Gasteiger partial charge >= 0.3 is 0 Å². The average Bonchev–Trinajstić information content (AvgIpc) is 2.62. The molecule has 1 aromatic rings. The van der Waals surface area contributed by atoms with Gasteiger partial charge < -0.3 is 10.6 Å². The fourth-order valence-electron chi connectivity index (χ4n) is 3.48. The molecule has 0 saturated carbocycles. The van der Waals surface area contributed by atoms with Gasteiger partial charge in [0.2, 0.25) is 0 Å². The molecule has 1 aromatic carbocycles. The fraction of sp³-hybridized carbons (Fsp3) is 0.667. The maximum atomic E-state index is 6.51. The molecule has 3 nitrogen and oxygen atoms in total. The van der Waals surface area contributed by atoms with Crippen LogP contribution in [0, 0.1) is 6.92 Å². The van der Waals surface area contributed by atoms with Gasteiger partial charge in [0.15, 0.2) is 0 Å². The second-order valence-electron chi connectivity index (χ2n) is 6.63. The first kappa shape index (κ1) is 16.5. The Morgan fingerprint density at radius 2 is 1.90 bits per heavy atom. The van der Waals surface area contributed by atoms with E-state index in [-0.39, 0.29) is 6.04 Å². The van der Waals surface area contributed by atoms with E-state index < -0.39 is 0 Å². The third kappa shape index (κ3) is 4.06. The molecule has 0 radical (unpaired) electrons. The summed E-state index contributed by atoms with van der Waals surface area (Å²) in [5, 5.41) is 0. The second-order valence-corrected chi connectivity index (χ2v) is 6.63. The van der Waals surface area contributed by atoms with Crippen molar-refractivity contribution in [1.82, 2.24) is 9.80 Å². The number of nitrogens with zero attached hydrogens (tertiary/aromatic N) is 2. The number of nitrogens with two attached hydrogens (primary N) is 1. The molecule has 3 atom stereocenters. The van der Waals surface area contributed by atoms with Crippen LogP contribution in [-0.4, -0.2) is 48.6 Å². The topological polar surface area (TPSA) is 32.5 Å². The largest absolute Gasteiger partial charge is 0.326 e. The fourth-order valence-corrected chi connectivity index (χ4v) is 3.48. The number of hydrogen-bond donors (Lipinski definition) is 1. The SMILES string of the molecule is CCC(N)C(c1ccc(C)cc1)N1CCCN(C)CC1C. The van der Waals surface area contributed by atoms with Crippen LogP contribution in [0.25, 0.3) is 0 Å². The number of hydrogen-bond acceptors (Lipinski definition) is 3. The number of likely N-dealkylation sites (N-methyl/N-ethyl adjacent to an activating group) is 1. The van der Waals surface area contributed by atoms with Crippen LogP contribution in [0.15, 0.2) is 24.3 Å². The van der Waals surface area contributed by atoms with Gasteiger partial charge in [-0.2, -0.15) is 0 Å². The number of benzene rings is 1. The predicted molar refractivity (Wildman–Crippen MR) is 90.5 cm³/mol. The lowest BCUT2D eigenvalue weighted by atomic mass is 9.94. The molecule has 0 spiro atoms. The Morgan fingerprint density at radius 1 is 1.24 bits per heavy atom. The van der Waals surface area contributed by atoms with Crippen LogP contribution in [0.3, 0.4) is 0 Å². The maximum Gasteiger partial charge on any atom is 0.0502 e. The summed E-state index contributed by atoms with van der Waals surface area (Å²) in [7, 11) is 2.22. The van der Waals surface area contributed by atoms with Crippen LogP contribution in [0.2, 0.25) is 0 Å². The molecule has 1 saturated heterocycles. The summed E-state index contributed by atoms with van der Waals surface area (Å²) in [5.41, 5.74) is 9.19. The van der Waals surface area contributed by atoms with Crippen molar-refractivity contribution in [2.75, 3.05) is 26.7 Å². The van der Waals surface area contributed by atoms with Gasteiger partial charge in [0.25, 0.3) is 0 Å². The zero-order chi connectivity index (χ0) is 15.4. The van der Waals surface area contributed by atoms with Crippen molar-refractivity contribution in [3.63, 3.8) is 0 Å². The molecule has 0 amide bonds. The van der Waals surface area contributed by atoms with Crippen molar-refractivity contribution in [2.45, 2.75) is 51.7 Å². The summed E-state index contributed by atoms with van der Waals surface area (Å²) < 4.78 is 0. The Morgan fingerprint density at radius 3 is 2.52 bits per heavy atom. The summed E-state index contributed by atoms with van der Waals surface area (Å²) in [4.78, 5) is 5.07. The van der Waals surface area contributed by atoms with Crippen molar-refractivity contribution in [2.24, 2.45) is 5.73 Å². The quantitative estimate of drug-likeness (QED) is 0.925. The van der Waals surface area contributed by atoms with Gasteiger partial charge in [-0.25, -0.2) is 0 Å². The van der Waals surface area contributed by atoms with Crippen LogP contribution in [-0.2, 0) is 0 Å². The molecule has 3 unspecified atom stereocenters. The van der Waals surface area contributed by atoms with E-state index in [1.165, 1.54) is 24.1 Å². The molecule has 118 valence electrons. The minimum atomic E-state index is 0.193. The minimum Gasteiger partial charge on any atom is -0.326 e. The van der Waals surface area contributed by atoms with Gasteiger partial charge in [-0.15, -0.1) is 0 Å². The lowest BCUT2D eigenvalue weighted by molar-refractivity contribution is 0.122. The van der Waals surface area contributed by atoms with E-state index in [2.05, 4.69) is 61.9 Å². The highest BCUT2D eigenvalue weighted by Gasteiger charge is 2.30. The summed E-state index contributed by atoms with van der Waals surface area (Å²) in [5.74, 6) is 0. The van der Waals surface area contributed by atoms with Crippen LogP contribution in [0.4, 0.5) is 0 Å². The Hall–Kier alpha value is -0.900. The van der Waals surface area contributed by atoms with Crippen molar-refractivity contribution < 1.29 is 0 Å². The van der Waals surface area contributed by atoms with Gasteiger partial charge in [-0.05, 0) is 45.8 Å². The van der Waals surface area contributed by atoms with Gasteiger partial charge in [0, 0.05) is 25.2 Å². The van der Waals surface area contributed by atoms with Crippen molar-refractivity contribution in [1.29, 1.82) is 0 Å². The van der Waals surface area contributed by atoms with Crippen molar-refractivity contribution >= 4 is 0 Å². The number of rotatable bonds is 4. The van der Waals surface area contributed by atoms with E-state index in [1.54, 1.807) is 0 Å². The van der Waals surface area contributed by atoms with E-state index in [0.29, 0.717) is 12.1 Å². The maximum absolute atomic E-state index is 6.51. The van der Waals surface area contributed by atoms with Crippen LogP contribution >= 0.6 is 0 Å². The highest BCUT2D eigenvalue weighted by atomic mass is 15.3. The highest BCUT2D eigenvalue weighted by molar-refractivity contribution is 5.25. The minimum absolute atomic E-state index is 0.193. The molecule has 0 bridgehead atoms.